The molecule has 1 aromatic rings. The Hall–Kier alpha value is -1.38. The molecule has 0 unspecified atom stereocenters. The van der Waals surface area contributed by atoms with Gasteiger partial charge >= 0.3 is 0 Å². The van der Waals surface area contributed by atoms with Crippen LogP contribution in [0.25, 0.3) is 0 Å². The molecule has 0 aromatic heterocycles. The lowest BCUT2D eigenvalue weighted by Gasteiger charge is -2.39. The highest BCUT2D eigenvalue weighted by Gasteiger charge is 2.32. The summed E-state index contributed by atoms with van der Waals surface area (Å²) in [7, 11) is -3.38. The summed E-state index contributed by atoms with van der Waals surface area (Å²) in [5, 5.41) is 8.92. The first-order valence-corrected chi connectivity index (χ1v) is 10.4. The molecule has 1 aliphatic rings. The van der Waals surface area contributed by atoms with Gasteiger partial charge in [-0.15, -0.1) is 0 Å². The second-order valence-corrected chi connectivity index (χ2v) is 9.33. The third-order valence-electron chi connectivity index (χ3n) is 5.50. The van der Waals surface area contributed by atoms with Crippen molar-refractivity contribution in [3.63, 3.8) is 0 Å². The summed E-state index contributed by atoms with van der Waals surface area (Å²) in [5.74, 6) is 0.610. The lowest BCUT2D eigenvalue weighted by Crippen LogP contribution is -2.40. The van der Waals surface area contributed by atoms with Gasteiger partial charge in [0.05, 0.1) is 17.4 Å². The van der Waals surface area contributed by atoms with Crippen LogP contribution in [-0.2, 0) is 15.8 Å². The highest BCUT2D eigenvalue weighted by atomic mass is 32.2. The summed E-state index contributed by atoms with van der Waals surface area (Å²) >= 11 is 0. The molecule has 4 nitrogen and oxygen atoms in total. The molecule has 5 heteroatoms. The fourth-order valence-corrected chi connectivity index (χ4v) is 4.97. The Labute approximate surface area is 146 Å². The average molecular weight is 349 g/mol. The number of nitriles is 1. The van der Waals surface area contributed by atoms with Crippen molar-refractivity contribution in [3.8, 4) is 6.07 Å². The second kappa shape index (κ2) is 7.67. The minimum absolute atomic E-state index is 0.0399. The minimum atomic E-state index is -3.38. The Bertz CT molecular complexity index is 696. The van der Waals surface area contributed by atoms with E-state index >= 15 is 0 Å². The molecule has 0 bridgehead atoms. The van der Waals surface area contributed by atoms with Crippen molar-refractivity contribution in [2.45, 2.75) is 64.7 Å². The molecule has 0 spiro atoms. The number of hydrogen-bond acceptors (Lipinski definition) is 3. The monoisotopic (exact) mass is 348 g/mol. The largest absolute Gasteiger partial charge is 0.216 e. The third-order valence-corrected chi connectivity index (χ3v) is 6.91. The maximum atomic E-state index is 12.4. The Kier molecular flexibility index (Phi) is 6.06. The molecule has 1 saturated carbocycles. The zero-order chi connectivity index (χ0) is 17.8. The molecule has 1 N–H and O–H groups in total. The lowest BCUT2D eigenvalue weighted by molar-refractivity contribution is 0.142. The number of nitrogens with one attached hydrogen (secondary N) is 1. The molecule has 132 valence electrons. The molecular formula is C19H28N2O2S. The highest BCUT2D eigenvalue weighted by molar-refractivity contribution is 7.88. The van der Waals surface area contributed by atoms with Crippen molar-refractivity contribution < 1.29 is 8.42 Å². The van der Waals surface area contributed by atoms with Gasteiger partial charge in [-0.3, -0.25) is 0 Å². The predicted molar refractivity (Wildman–Crippen MR) is 96.7 cm³/mol. The number of benzene rings is 1. The topological polar surface area (TPSA) is 70.0 Å². The van der Waals surface area contributed by atoms with Gasteiger partial charge < -0.3 is 0 Å². The first-order valence-electron chi connectivity index (χ1n) is 8.75. The Morgan fingerprint density at radius 2 is 1.92 bits per heavy atom. The molecule has 0 atom stereocenters. The summed E-state index contributed by atoms with van der Waals surface area (Å²) in [5.41, 5.74) is 1.48. The predicted octanol–water partition coefficient (Wildman–Crippen LogP) is 3.97. The molecule has 0 saturated heterocycles. The lowest BCUT2D eigenvalue weighted by atomic mass is 9.69. The van der Waals surface area contributed by atoms with Crippen LogP contribution in [-0.4, -0.2) is 14.5 Å². The Morgan fingerprint density at radius 3 is 2.50 bits per heavy atom. The molecule has 1 aliphatic carbocycles. The standard InChI is InChI=1S/C19H28N2O2S/c1-4-19(2,3)17-8-10-18(11-9-17)21-24(22,23)14-16-7-5-6-15(12-16)13-20/h5-7,12,17-18,21H,4,8-11,14H2,1-3H3. The molecular weight excluding hydrogens is 320 g/mol. The van der Waals surface area contributed by atoms with E-state index in [1.54, 1.807) is 24.3 Å². The smallest absolute Gasteiger partial charge is 0.212 e. The molecule has 1 aromatic carbocycles. The van der Waals surface area contributed by atoms with Crippen LogP contribution in [0.15, 0.2) is 24.3 Å². The Morgan fingerprint density at radius 1 is 1.25 bits per heavy atom. The fourth-order valence-electron chi connectivity index (χ4n) is 3.53. The number of rotatable bonds is 6. The minimum Gasteiger partial charge on any atom is -0.212 e. The van der Waals surface area contributed by atoms with Gasteiger partial charge in [0.1, 0.15) is 0 Å². The van der Waals surface area contributed by atoms with Crippen LogP contribution in [0, 0.1) is 22.7 Å². The van der Waals surface area contributed by atoms with E-state index in [1.807, 2.05) is 6.07 Å². The van der Waals surface area contributed by atoms with E-state index in [-0.39, 0.29) is 11.8 Å². The van der Waals surface area contributed by atoms with E-state index in [2.05, 4.69) is 25.5 Å². The van der Waals surface area contributed by atoms with Gasteiger partial charge in [-0.1, -0.05) is 39.3 Å². The van der Waals surface area contributed by atoms with Crippen LogP contribution < -0.4 is 4.72 Å². The van der Waals surface area contributed by atoms with Gasteiger partial charge in [-0.2, -0.15) is 5.26 Å². The number of sulfonamides is 1. The van der Waals surface area contributed by atoms with Crippen LogP contribution >= 0.6 is 0 Å². The molecule has 2 rings (SSSR count). The van der Waals surface area contributed by atoms with Gasteiger partial charge in [-0.25, -0.2) is 13.1 Å². The summed E-state index contributed by atoms with van der Waals surface area (Å²) in [6, 6.07) is 8.88. The summed E-state index contributed by atoms with van der Waals surface area (Å²) in [6.45, 7) is 6.85. The van der Waals surface area contributed by atoms with E-state index in [0.29, 0.717) is 22.5 Å². The SMILES string of the molecule is CCC(C)(C)C1CCC(NS(=O)(=O)Cc2cccc(C#N)c2)CC1. The molecule has 0 aliphatic heterocycles. The van der Waals surface area contributed by atoms with E-state index in [0.717, 1.165) is 32.1 Å². The van der Waals surface area contributed by atoms with Crippen molar-refractivity contribution >= 4 is 10.0 Å². The number of nitrogens with zero attached hydrogens (tertiary/aromatic N) is 1. The van der Waals surface area contributed by atoms with Crippen LogP contribution in [0.4, 0.5) is 0 Å². The van der Waals surface area contributed by atoms with Crippen molar-refractivity contribution in [2.24, 2.45) is 11.3 Å². The zero-order valence-corrected chi connectivity index (χ0v) is 15.7. The summed E-state index contributed by atoms with van der Waals surface area (Å²) in [4.78, 5) is 0. The quantitative estimate of drug-likeness (QED) is 0.845. The Balaban J connectivity index is 1.92. The van der Waals surface area contributed by atoms with Gasteiger partial charge in [0, 0.05) is 6.04 Å². The normalized spacial score (nSPS) is 22.1. The van der Waals surface area contributed by atoms with Crippen LogP contribution in [0.3, 0.4) is 0 Å². The maximum absolute atomic E-state index is 12.4. The van der Waals surface area contributed by atoms with Crippen LogP contribution in [0.1, 0.15) is 64.0 Å². The summed E-state index contributed by atoms with van der Waals surface area (Å²) < 4.78 is 27.7. The first kappa shape index (κ1) is 19.0. The zero-order valence-electron chi connectivity index (χ0n) is 14.9. The molecule has 0 heterocycles. The molecule has 24 heavy (non-hydrogen) atoms. The van der Waals surface area contributed by atoms with Crippen molar-refractivity contribution in [1.29, 1.82) is 5.26 Å². The van der Waals surface area contributed by atoms with Crippen molar-refractivity contribution in [2.75, 3.05) is 0 Å². The van der Waals surface area contributed by atoms with Crippen LogP contribution in [0.2, 0.25) is 0 Å². The van der Waals surface area contributed by atoms with Gasteiger partial charge in [0.2, 0.25) is 10.0 Å². The first-order chi connectivity index (χ1) is 11.3. The van der Waals surface area contributed by atoms with Crippen molar-refractivity contribution in [3.05, 3.63) is 35.4 Å². The number of hydrogen-bond donors (Lipinski definition) is 1. The van der Waals surface area contributed by atoms with Crippen LogP contribution in [0.5, 0.6) is 0 Å². The van der Waals surface area contributed by atoms with E-state index < -0.39 is 10.0 Å². The van der Waals surface area contributed by atoms with E-state index in [4.69, 9.17) is 5.26 Å². The highest BCUT2D eigenvalue weighted by Crippen LogP contribution is 2.40. The van der Waals surface area contributed by atoms with Gasteiger partial charge in [0.15, 0.2) is 0 Å². The molecule has 0 radical (unpaired) electrons. The molecule has 0 amide bonds. The summed E-state index contributed by atoms with van der Waals surface area (Å²) in [6.07, 6.45) is 5.14. The van der Waals surface area contributed by atoms with Gasteiger partial charge in [-0.05, 0) is 54.7 Å². The second-order valence-electron chi connectivity index (χ2n) is 7.58. The van der Waals surface area contributed by atoms with Gasteiger partial charge in [0.25, 0.3) is 0 Å². The molecule has 1 fully saturated rings. The van der Waals surface area contributed by atoms with Crippen molar-refractivity contribution in [1.82, 2.24) is 4.72 Å². The third kappa shape index (κ3) is 5.06. The maximum Gasteiger partial charge on any atom is 0.216 e. The fraction of sp³-hybridized carbons (Fsp3) is 0.632. The average Bonchev–Trinajstić information content (AvgIpc) is 2.54. The van der Waals surface area contributed by atoms with E-state index in [9.17, 15) is 8.42 Å². The van der Waals surface area contributed by atoms with E-state index in [1.165, 1.54) is 0 Å².